The van der Waals surface area contributed by atoms with Gasteiger partial charge in [0.15, 0.2) is 0 Å². The highest BCUT2D eigenvalue weighted by molar-refractivity contribution is 5.01. The van der Waals surface area contributed by atoms with Gasteiger partial charge in [0.25, 0.3) is 0 Å². The number of hydrogen-bond acceptors (Lipinski definition) is 2. The van der Waals surface area contributed by atoms with Crippen LogP contribution in [0.5, 0.6) is 0 Å². The van der Waals surface area contributed by atoms with Gasteiger partial charge in [-0.1, -0.05) is 6.92 Å². The Morgan fingerprint density at radius 3 is 2.36 bits per heavy atom. The van der Waals surface area contributed by atoms with Crippen LogP contribution in [0.15, 0.2) is 0 Å². The first-order chi connectivity index (χ1) is 6.57. The quantitative estimate of drug-likeness (QED) is 0.682. The van der Waals surface area contributed by atoms with Crippen LogP contribution in [0.4, 0.5) is 0 Å². The van der Waals surface area contributed by atoms with Crippen molar-refractivity contribution in [2.45, 2.75) is 52.4 Å². The number of rotatable bonds is 2. The van der Waals surface area contributed by atoms with Crippen molar-refractivity contribution >= 4 is 0 Å². The molecule has 0 amide bonds. The van der Waals surface area contributed by atoms with E-state index in [-0.39, 0.29) is 12.1 Å². The van der Waals surface area contributed by atoms with E-state index in [0.29, 0.717) is 17.9 Å². The van der Waals surface area contributed by atoms with Gasteiger partial charge in [-0.25, -0.2) is 0 Å². The van der Waals surface area contributed by atoms with E-state index in [4.69, 9.17) is 10.5 Å². The Bertz CT molecular complexity index is 240. The van der Waals surface area contributed by atoms with Gasteiger partial charge in [-0.2, -0.15) is 0 Å². The maximum absolute atomic E-state index is 6.13. The van der Waals surface area contributed by atoms with Crippen molar-refractivity contribution in [2.75, 3.05) is 0 Å². The number of ether oxygens (including phenoxy) is 1. The van der Waals surface area contributed by atoms with E-state index in [2.05, 4.69) is 32.6 Å². The lowest BCUT2D eigenvalue weighted by Crippen LogP contribution is -2.37. The van der Waals surface area contributed by atoms with Crippen LogP contribution < -0.4 is 5.73 Å². The molecule has 0 spiro atoms. The lowest BCUT2D eigenvalue weighted by atomic mass is 9.83. The molecule has 0 aromatic heterocycles. The van der Waals surface area contributed by atoms with Crippen LogP contribution >= 0.6 is 0 Å². The Balaban J connectivity index is 2.60. The molecule has 1 aliphatic heterocycles. The zero-order valence-corrected chi connectivity index (χ0v) is 9.58. The second kappa shape index (κ2) is 4.82. The lowest BCUT2D eigenvalue weighted by molar-refractivity contribution is 0.0491. The minimum Gasteiger partial charge on any atom is -0.375 e. The van der Waals surface area contributed by atoms with Crippen molar-refractivity contribution in [1.29, 1.82) is 0 Å². The summed E-state index contributed by atoms with van der Waals surface area (Å²) in [6.45, 7) is 8.31. The molecular formula is C12H21NO. The molecule has 14 heavy (non-hydrogen) atoms. The maximum Gasteiger partial charge on any atom is 0.0597 e. The molecule has 5 unspecified atom stereocenters. The molecule has 1 rings (SSSR count). The Labute approximate surface area is 87.2 Å². The molecule has 1 aliphatic rings. The zero-order chi connectivity index (χ0) is 10.7. The van der Waals surface area contributed by atoms with Crippen LogP contribution in [0.25, 0.3) is 0 Å². The van der Waals surface area contributed by atoms with Gasteiger partial charge in [-0.15, -0.1) is 11.8 Å². The molecule has 0 aromatic rings. The van der Waals surface area contributed by atoms with Crippen LogP contribution in [-0.4, -0.2) is 18.2 Å². The third-order valence-corrected chi connectivity index (χ3v) is 3.33. The second-order valence-corrected chi connectivity index (χ2v) is 4.28. The van der Waals surface area contributed by atoms with Gasteiger partial charge < -0.3 is 10.5 Å². The Morgan fingerprint density at radius 1 is 1.29 bits per heavy atom. The number of nitrogens with two attached hydrogens (primary N) is 1. The minimum atomic E-state index is 0.150. The van der Waals surface area contributed by atoms with Crippen LogP contribution in [0, 0.1) is 23.7 Å². The standard InChI is InChI=1S/C12H21NO/c1-5-6-7-11(13)12-8(2)9(3)14-10(12)4/h8-12H,7,13H2,1-4H3. The molecule has 2 heteroatoms. The summed E-state index contributed by atoms with van der Waals surface area (Å²) in [5, 5.41) is 0. The lowest BCUT2D eigenvalue weighted by Gasteiger charge is -2.23. The van der Waals surface area contributed by atoms with Crippen LogP contribution in [0.2, 0.25) is 0 Å². The van der Waals surface area contributed by atoms with Gasteiger partial charge in [0.05, 0.1) is 12.2 Å². The Hall–Kier alpha value is -0.520. The van der Waals surface area contributed by atoms with Crippen LogP contribution in [0.1, 0.15) is 34.1 Å². The topological polar surface area (TPSA) is 35.2 Å². The summed E-state index contributed by atoms with van der Waals surface area (Å²) < 4.78 is 5.76. The van der Waals surface area contributed by atoms with Gasteiger partial charge >= 0.3 is 0 Å². The Morgan fingerprint density at radius 2 is 1.93 bits per heavy atom. The molecule has 0 bridgehead atoms. The second-order valence-electron chi connectivity index (χ2n) is 4.28. The largest absolute Gasteiger partial charge is 0.375 e. The fourth-order valence-corrected chi connectivity index (χ4v) is 2.39. The summed E-state index contributed by atoms with van der Waals surface area (Å²) >= 11 is 0. The average molecular weight is 195 g/mol. The van der Waals surface area contributed by atoms with Crippen molar-refractivity contribution in [3.05, 3.63) is 0 Å². The van der Waals surface area contributed by atoms with Gasteiger partial charge in [0, 0.05) is 18.4 Å². The molecule has 0 aromatic carbocycles. The van der Waals surface area contributed by atoms with E-state index < -0.39 is 0 Å². The van der Waals surface area contributed by atoms with Gasteiger partial charge in [-0.05, 0) is 26.7 Å². The molecule has 1 saturated heterocycles. The first kappa shape index (κ1) is 11.6. The first-order valence-corrected chi connectivity index (χ1v) is 5.38. The summed E-state index contributed by atoms with van der Waals surface area (Å²) in [7, 11) is 0. The van der Waals surface area contributed by atoms with Crippen LogP contribution in [-0.2, 0) is 4.74 Å². The first-order valence-electron chi connectivity index (χ1n) is 5.38. The number of hydrogen-bond donors (Lipinski definition) is 1. The van der Waals surface area contributed by atoms with E-state index in [1.807, 2.05) is 6.92 Å². The molecule has 5 atom stereocenters. The third-order valence-electron chi connectivity index (χ3n) is 3.33. The van der Waals surface area contributed by atoms with Crippen LogP contribution in [0.3, 0.4) is 0 Å². The monoisotopic (exact) mass is 195 g/mol. The molecule has 1 heterocycles. The Kier molecular flexibility index (Phi) is 3.97. The summed E-state index contributed by atoms with van der Waals surface area (Å²) in [5.41, 5.74) is 6.13. The molecular weight excluding hydrogens is 174 g/mol. The highest BCUT2D eigenvalue weighted by Crippen LogP contribution is 2.34. The van der Waals surface area contributed by atoms with Crippen molar-refractivity contribution in [3.63, 3.8) is 0 Å². The average Bonchev–Trinajstić information content (AvgIpc) is 2.38. The highest BCUT2D eigenvalue weighted by atomic mass is 16.5. The van der Waals surface area contributed by atoms with Crippen molar-refractivity contribution in [3.8, 4) is 11.8 Å². The van der Waals surface area contributed by atoms with E-state index >= 15 is 0 Å². The van der Waals surface area contributed by atoms with E-state index in [9.17, 15) is 0 Å². The van der Waals surface area contributed by atoms with Crippen molar-refractivity contribution in [1.82, 2.24) is 0 Å². The fraction of sp³-hybridized carbons (Fsp3) is 0.833. The molecule has 0 saturated carbocycles. The van der Waals surface area contributed by atoms with E-state index in [0.717, 1.165) is 6.42 Å². The highest BCUT2D eigenvalue weighted by Gasteiger charge is 2.39. The fourth-order valence-electron chi connectivity index (χ4n) is 2.39. The van der Waals surface area contributed by atoms with Gasteiger partial charge in [0.1, 0.15) is 0 Å². The maximum atomic E-state index is 6.13. The predicted octanol–water partition coefficient (Wildman–Crippen LogP) is 1.79. The van der Waals surface area contributed by atoms with E-state index in [1.54, 1.807) is 0 Å². The zero-order valence-electron chi connectivity index (χ0n) is 9.58. The smallest absolute Gasteiger partial charge is 0.0597 e. The SMILES string of the molecule is CC#CCC(N)C1C(C)OC(C)C1C. The predicted molar refractivity (Wildman–Crippen MR) is 58.7 cm³/mol. The molecule has 1 fully saturated rings. The molecule has 0 radical (unpaired) electrons. The normalized spacial score (nSPS) is 38.9. The minimum absolute atomic E-state index is 0.150. The van der Waals surface area contributed by atoms with Crippen molar-refractivity contribution < 1.29 is 4.74 Å². The van der Waals surface area contributed by atoms with Crippen molar-refractivity contribution in [2.24, 2.45) is 17.6 Å². The third kappa shape index (κ3) is 2.29. The molecule has 2 nitrogen and oxygen atoms in total. The van der Waals surface area contributed by atoms with E-state index in [1.165, 1.54) is 0 Å². The molecule has 0 aliphatic carbocycles. The molecule has 80 valence electrons. The van der Waals surface area contributed by atoms with Gasteiger partial charge in [-0.3, -0.25) is 0 Å². The summed E-state index contributed by atoms with van der Waals surface area (Å²) in [6, 6.07) is 0.150. The summed E-state index contributed by atoms with van der Waals surface area (Å²) in [6.07, 6.45) is 1.38. The van der Waals surface area contributed by atoms with Gasteiger partial charge in [0.2, 0.25) is 0 Å². The summed E-state index contributed by atoms with van der Waals surface area (Å²) in [5.74, 6) is 6.93. The molecule has 2 N–H and O–H groups in total. The summed E-state index contributed by atoms with van der Waals surface area (Å²) in [4.78, 5) is 0.